The molecule has 1 amide bonds. The molecule has 0 unspecified atom stereocenters. The highest BCUT2D eigenvalue weighted by Gasteiger charge is 2.02. The van der Waals surface area contributed by atoms with Gasteiger partial charge in [0.2, 0.25) is 5.91 Å². The maximum Gasteiger partial charge on any atom is 0.221 e. The van der Waals surface area contributed by atoms with Crippen LogP contribution >= 0.6 is 0 Å². The second-order valence-corrected chi connectivity index (χ2v) is 5.31. The molecule has 126 valence electrons. The Hall–Kier alpha value is -3.48. The molecule has 0 radical (unpaired) electrons. The first kappa shape index (κ1) is 16.4. The van der Waals surface area contributed by atoms with Gasteiger partial charge >= 0.3 is 0 Å². The number of carbonyl (C=O) groups is 1. The zero-order valence-electron chi connectivity index (χ0n) is 13.5. The molecule has 6 nitrogen and oxygen atoms in total. The van der Waals surface area contributed by atoms with Gasteiger partial charge in [-0.1, -0.05) is 6.07 Å². The van der Waals surface area contributed by atoms with E-state index in [1.165, 1.54) is 25.4 Å². The summed E-state index contributed by atoms with van der Waals surface area (Å²) in [6, 6.07) is 15.1. The predicted octanol–water partition coefficient (Wildman–Crippen LogP) is 4.06. The van der Waals surface area contributed by atoms with Crippen molar-refractivity contribution >= 4 is 34.6 Å². The van der Waals surface area contributed by atoms with Crippen molar-refractivity contribution in [1.82, 2.24) is 9.97 Å². The molecular formula is C18H16FN5O. The van der Waals surface area contributed by atoms with Gasteiger partial charge in [0.25, 0.3) is 0 Å². The van der Waals surface area contributed by atoms with Crippen molar-refractivity contribution in [2.24, 2.45) is 0 Å². The number of hydrogen-bond acceptors (Lipinski definition) is 5. The fourth-order valence-corrected chi connectivity index (χ4v) is 2.20. The Morgan fingerprint density at radius 2 is 1.52 bits per heavy atom. The van der Waals surface area contributed by atoms with E-state index in [4.69, 9.17) is 0 Å². The molecule has 3 rings (SSSR count). The van der Waals surface area contributed by atoms with Crippen LogP contribution in [0.15, 0.2) is 60.9 Å². The average Bonchev–Trinajstić information content (AvgIpc) is 2.57. The first-order valence-electron chi connectivity index (χ1n) is 7.58. The largest absolute Gasteiger partial charge is 0.340 e. The summed E-state index contributed by atoms with van der Waals surface area (Å²) in [5, 5.41) is 8.87. The maximum absolute atomic E-state index is 13.2. The molecule has 1 heterocycles. The normalized spacial score (nSPS) is 10.2. The van der Waals surface area contributed by atoms with Gasteiger partial charge in [-0.15, -0.1) is 0 Å². The highest BCUT2D eigenvalue weighted by molar-refractivity contribution is 5.88. The quantitative estimate of drug-likeness (QED) is 0.654. The van der Waals surface area contributed by atoms with Gasteiger partial charge in [-0.2, -0.15) is 0 Å². The number of amides is 1. The van der Waals surface area contributed by atoms with Crippen LogP contribution in [0.5, 0.6) is 0 Å². The van der Waals surface area contributed by atoms with Crippen molar-refractivity contribution in [2.75, 3.05) is 16.0 Å². The minimum Gasteiger partial charge on any atom is -0.340 e. The summed E-state index contributed by atoms with van der Waals surface area (Å²) in [5.74, 6) is 0.681. The lowest BCUT2D eigenvalue weighted by Crippen LogP contribution is -2.05. The van der Waals surface area contributed by atoms with E-state index in [-0.39, 0.29) is 11.7 Å². The summed E-state index contributed by atoms with van der Waals surface area (Å²) in [6.45, 7) is 1.46. The van der Waals surface area contributed by atoms with Gasteiger partial charge in [0, 0.05) is 30.1 Å². The van der Waals surface area contributed by atoms with Crippen molar-refractivity contribution in [3.8, 4) is 0 Å². The molecule has 0 aliphatic heterocycles. The molecule has 3 aromatic rings. The predicted molar refractivity (Wildman–Crippen MR) is 95.7 cm³/mol. The molecule has 0 aliphatic carbocycles. The van der Waals surface area contributed by atoms with Gasteiger partial charge in [-0.25, -0.2) is 14.4 Å². The van der Waals surface area contributed by atoms with E-state index >= 15 is 0 Å². The molecule has 0 fully saturated rings. The number of nitrogens with one attached hydrogen (secondary N) is 3. The van der Waals surface area contributed by atoms with Crippen molar-refractivity contribution in [1.29, 1.82) is 0 Å². The van der Waals surface area contributed by atoms with Crippen LogP contribution in [0.2, 0.25) is 0 Å². The molecule has 0 saturated carbocycles. The Morgan fingerprint density at radius 1 is 0.880 bits per heavy atom. The van der Waals surface area contributed by atoms with E-state index in [0.29, 0.717) is 23.0 Å². The van der Waals surface area contributed by atoms with E-state index in [9.17, 15) is 9.18 Å². The molecule has 1 aromatic heterocycles. The monoisotopic (exact) mass is 337 g/mol. The van der Waals surface area contributed by atoms with E-state index in [0.717, 1.165) is 5.69 Å². The van der Waals surface area contributed by atoms with Crippen molar-refractivity contribution in [2.45, 2.75) is 6.92 Å². The lowest BCUT2D eigenvalue weighted by atomic mass is 10.2. The van der Waals surface area contributed by atoms with Gasteiger partial charge in [-0.05, 0) is 42.5 Å². The lowest BCUT2D eigenvalue weighted by Gasteiger charge is -2.09. The smallest absolute Gasteiger partial charge is 0.221 e. The van der Waals surface area contributed by atoms with Crippen LogP contribution in [0.4, 0.5) is 33.1 Å². The first-order valence-corrected chi connectivity index (χ1v) is 7.58. The summed E-state index contributed by atoms with van der Waals surface area (Å²) in [7, 11) is 0. The second-order valence-electron chi connectivity index (χ2n) is 5.31. The number of benzene rings is 2. The number of rotatable bonds is 5. The number of anilines is 5. The number of halogens is 1. The van der Waals surface area contributed by atoms with E-state index in [1.807, 2.05) is 12.1 Å². The van der Waals surface area contributed by atoms with Gasteiger partial charge in [0.05, 0.1) is 0 Å². The number of carbonyl (C=O) groups excluding carboxylic acids is 1. The molecule has 0 saturated heterocycles. The van der Waals surface area contributed by atoms with E-state index in [2.05, 4.69) is 25.9 Å². The molecule has 25 heavy (non-hydrogen) atoms. The standard InChI is InChI=1S/C18H16FN5O/c1-12(25)22-14-5-7-15(8-6-14)23-17-10-18(21-11-20-17)24-16-4-2-3-13(19)9-16/h2-11H,1H3,(H,22,25)(H2,20,21,23,24). The number of hydrogen-bond donors (Lipinski definition) is 3. The molecule has 0 bridgehead atoms. The summed E-state index contributed by atoms with van der Waals surface area (Å²) in [6.07, 6.45) is 1.41. The molecule has 0 spiro atoms. The Kier molecular flexibility index (Phi) is 4.84. The Labute approximate surface area is 144 Å². The molecule has 0 aliphatic rings. The van der Waals surface area contributed by atoms with Gasteiger partial charge < -0.3 is 16.0 Å². The zero-order chi connectivity index (χ0) is 17.6. The third kappa shape index (κ3) is 4.74. The van der Waals surface area contributed by atoms with Crippen LogP contribution < -0.4 is 16.0 Å². The third-order valence-corrected chi connectivity index (χ3v) is 3.24. The van der Waals surface area contributed by atoms with Gasteiger partial charge in [0.15, 0.2) is 0 Å². The second kappa shape index (κ2) is 7.39. The molecule has 7 heteroatoms. The van der Waals surface area contributed by atoms with Crippen LogP contribution in [0, 0.1) is 5.82 Å². The topological polar surface area (TPSA) is 78.9 Å². The fraction of sp³-hybridized carbons (Fsp3) is 0.0556. The highest BCUT2D eigenvalue weighted by Crippen LogP contribution is 2.21. The zero-order valence-corrected chi connectivity index (χ0v) is 13.5. The van der Waals surface area contributed by atoms with Crippen LogP contribution in [0.1, 0.15) is 6.92 Å². The highest BCUT2D eigenvalue weighted by atomic mass is 19.1. The third-order valence-electron chi connectivity index (χ3n) is 3.24. The minimum absolute atomic E-state index is 0.121. The van der Waals surface area contributed by atoms with Crippen LogP contribution in [0.3, 0.4) is 0 Å². The summed E-state index contributed by atoms with van der Waals surface area (Å²) >= 11 is 0. The fourth-order valence-electron chi connectivity index (χ4n) is 2.20. The van der Waals surface area contributed by atoms with Crippen LogP contribution in [-0.4, -0.2) is 15.9 Å². The molecule has 3 N–H and O–H groups in total. The summed E-state index contributed by atoms with van der Waals surface area (Å²) in [4.78, 5) is 19.3. The van der Waals surface area contributed by atoms with Crippen molar-refractivity contribution < 1.29 is 9.18 Å². The molecule has 0 atom stereocenters. The SMILES string of the molecule is CC(=O)Nc1ccc(Nc2cc(Nc3cccc(F)c3)ncn2)cc1. The maximum atomic E-state index is 13.2. The Balaban J connectivity index is 1.70. The molecular weight excluding hydrogens is 321 g/mol. The summed E-state index contributed by atoms with van der Waals surface area (Å²) < 4.78 is 13.2. The summed E-state index contributed by atoms with van der Waals surface area (Å²) in [5.41, 5.74) is 2.13. The number of aromatic nitrogens is 2. The first-order chi connectivity index (χ1) is 12.1. The van der Waals surface area contributed by atoms with E-state index < -0.39 is 0 Å². The Morgan fingerprint density at radius 3 is 2.16 bits per heavy atom. The van der Waals surface area contributed by atoms with E-state index in [1.54, 1.807) is 30.3 Å². The molecule has 2 aromatic carbocycles. The minimum atomic E-state index is -0.323. The van der Waals surface area contributed by atoms with Gasteiger partial charge in [0.1, 0.15) is 23.8 Å². The average molecular weight is 337 g/mol. The van der Waals surface area contributed by atoms with Gasteiger partial charge in [-0.3, -0.25) is 4.79 Å². The van der Waals surface area contributed by atoms with Crippen LogP contribution in [0.25, 0.3) is 0 Å². The Bertz CT molecular complexity index is 883. The van der Waals surface area contributed by atoms with Crippen LogP contribution in [-0.2, 0) is 4.79 Å². The van der Waals surface area contributed by atoms with Crippen molar-refractivity contribution in [3.05, 3.63) is 66.7 Å². The van der Waals surface area contributed by atoms with Crippen molar-refractivity contribution in [3.63, 3.8) is 0 Å². The lowest BCUT2D eigenvalue weighted by molar-refractivity contribution is -0.114. The number of nitrogens with zero attached hydrogens (tertiary/aromatic N) is 2.